The molecule has 1 heterocycles. The first-order valence-electron chi connectivity index (χ1n) is 7.87. The number of halogens is 2. The van der Waals surface area contributed by atoms with Gasteiger partial charge in [0.05, 0.1) is 6.33 Å². The highest BCUT2D eigenvalue weighted by molar-refractivity contribution is 5.75. The van der Waals surface area contributed by atoms with Crippen molar-refractivity contribution in [3.63, 3.8) is 0 Å². The van der Waals surface area contributed by atoms with Gasteiger partial charge in [0, 0.05) is 30.7 Å². The van der Waals surface area contributed by atoms with Crippen LogP contribution >= 0.6 is 0 Å². The minimum atomic E-state index is -0.521. The number of unbranched alkanes of at least 4 members (excludes halogenated alkanes) is 1. The van der Waals surface area contributed by atoms with Crippen LogP contribution in [0.1, 0.15) is 39.5 Å². The summed E-state index contributed by atoms with van der Waals surface area (Å²) in [5.41, 5.74) is 6.13. The second-order valence-electron chi connectivity index (χ2n) is 4.72. The average Bonchev–Trinajstić information content (AvgIpc) is 2.99. The van der Waals surface area contributed by atoms with Crippen molar-refractivity contribution in [2.45, 2.75) is 40.0 Å². The predicted octanol–water partition coefficient (Wildman–Crippen LogP) is 4.53. The summed E-state index contributed by atoms with van der Waals surface area (Å²) in [4.78, 5) is 4.13. The van der Waals surface area contributed by atoms with E-state index in [0.717, 1.165) is 12.8 Å². The Hall–Kier alpha value is -1.95. The monoisotopic (exact) mass is 326 g/mol. The number of aryl methyl sites for hydroxylation is 1. The number of ether oxygens (including phenoxy) is 1. The molecule has 128 valence electrons. The van der Waals surface area contributed by atoms with Crippen LogP contribution in [0.3, 0.4) is 0 Å². The molecule has 2 rings (SSSR count). The molecule has 0 unspecified atom stereocenters. The second-order valence-corrected chi connectivity index (χ2v) is 4.72. The van der Waals surface area contributed by atoms with Crippen LogP contribution in [-0.4, -0.2) is 18.1 Å². The molecule has 1 aromatic carbocycles. The van der Waals surface area contributed by atoms with Crippen molar-refractivity contribution in [2.24, 2.45) is 5.73 Å². The SMILES string of the molecule is CC.CCCCc1nc2c(F)cc(OC/C(=C/F)CN)cc2o1. The number of hydrogen-bond acceptors (Lipinski definition) is 4. The van der Waals surface area contributed by atoms with Gasteiger partial charge < -0.3 is 14.9 Å². The zero-order valence-electron chi connectivity index (χ0n) is 13.9. The molecular formula is C17H24F2N2O2. The Kier molecular flexibility index (Phi) is 8.26. The first-order chi connectivity index (χ1) is 11.2. The van der Waals surface area contributed by atoms with E-state index in [-0.39, 0.29) is 30.0 Å². The van der Waals surface area contributed by atoms with Gasteiger partial charge in [-0.05, 0) is 6.42 Å². The Morgan fingerprint density at radius 2 is 2.13 bits per heavy atom. The minimum Gasteiger partial charge on any atom is -0.489 e. The summed E-state index contributed by atoms with van der Waals surface area (Å²) in [5.74, 6) is 0.243. The lowest BCUT2D eigenvalue weighted by atomic mass is 10.2. The number of fused-ring (bicyclic) bond motifs is 1. The highest BCUT2D eigenvalue weighted by Gasteiger charge is 2.12. The molecule has 2 aromatic rings. The van der Waals surface area contributed by atoms with E-state index in [1.165, 1.54) is 6.07 Å². The third-order valence-electron chi connectivity index (χ3n) is 3.05. The van der Waals surface area contributed by atoms with Gasteiger partial charge in [0.25, 0.3) is 0 Å². The van der Waals surface area contributed by atoms with Crippen molar-refractivity contribution in [1.82, 2.24) is 4.98 Å². The predicted molar refractivity (Wildman–Crippen MR) is 87.7 cm³/mol. The van der Waals surface area contributed by atoms with Gasteiger partial charge in [-0.15, -0.1) is 0 Å². The lowest BCUT2D eigenvalue weighted by Gasteiger charge is -2.06. The average molecular weight is 326 g/mol. The standard InChI is InChI=1S/C15H18F2N2O2.C2H6/c1-2-3-4-14-19-15-12(17)5-11(6-13(15)21-14)20-9-10(7-16)8-18;1-2/h5-7H,2-4,8-9,18H2,1H3;1-2H3/b10-7+;. The molecule has 0 aliphatic rings. The summed E-state index contributed by atoms with van der Waals surface area (Å²) in [6.45, 7) is 6.07. The van der Waals surface area contributed by atoms with Crippen molar-refractivity contribution in [2.75, 3.05) is 13.2 Å². The van der Waals surface area contributed by atoms with E-state index in [0.29, 0.717) is 24.2 Å². The van der Waals surface area contributed by atoms with E-state index in [1.807, 2.05) is 13.8 Å². The molecule has 0 atom stereocenters. The van der Waals surface area contributed by atoms with Crippen LogP contribution in [0.2, 0.25) is 0 Å². The Bertz CT molecular complexity index is 639. The van der Waals surface area contributed by atoms with Gasteiger partial charge >= 0.3 is 0 Å². The molecule has 4 nitrogen and oxygen atoms in total. The van der Waals surface area contributed by atoms with Gasteiger partial charge in [-0.2, -0.15) is 0 Å². The second kappa shape index (κ2) is 9.94. The number of oxazole rings is 1. The van der Waals surface area contributed by atoms with E-state index >= 15 is 0 Å². The number of rotatable bonds is 7. The van der Waals surface area contributed by atoms with Crippen molar-refractivity contribution in [1.29, 1.82) is 0 Å². The molecule has 2 N–H and O–H groups in total. The normalized spacial score (nSPS) is 11.3. The minimum absolute atomic E-state index is 0.0330. The van der Waals surface area contributed by atoms with E-state index in [4.69, 9.17) is 14.9 Å². The molecule has 6 heteroatoms. The molecule has 0 amide bonds. The Labute approximate surface area is 135 Å². The summed E-state index contributed by atoms with van der Waals surface area (Å²) in [6.07, 6.45) is 3.00. The molecular weight excluding hydrogens is 302 g/mol. The van der Waals surface area contributed by atoms with Crippen molar-refractivity contribution < 1.29 is 17.9 Å². The zero-order chi connectivity index (χ0) is 17.2. The first kappa shape index (κ1) is 19.1. The fourth-order valence-electron chi connectivity index (χ4n) is 1.84. The molecule has 0 fully saturated rings. The largest absolute Gasteiger partial charge is 0.489 e. The molecule has 0 aliphatic heterocycles. The molecule has 0 saturated heterocycles. The topological polar surface area (TPSA) is 61.3 Å². The van der Waals surface area contributed by atoms with Crippen LogP contribution in [0.4, 0.5) is 8.78 Å². The van der Waals surface area contributed by atoms with Crippen LogP contribution in [0.15, 0.2) is 28.5 Å². The van der Waals surface area contributed by atoms with E-state index in [9.17, 15) is 8.78 Å². The maximum atomic E-state index is 14.0. The molecule has 0 spiro atoms. The van der Waals surface area contributed by atoms with Crippen LogP contribution in [0.5, 0.6) is 5.75 Å². The van der Waals surface area contributed by atoms with Crippen LogP contribution in [0.25, 0.3) is 11.1 Å². The van der Waals surface area contributed by atoms with E-state index in [1.54, 1.807) is 6.07 Å². The highest BCUT2D eigenvalue weighted by atomic mass is 19.1. The number of aromatic nitrogens is 1. The van der Waals surface area contributed by atoms with Crippen LogP contribution in [-0.2, 0) is 6.42 Å². The van der Waals surface area contributed by atoms with Crippen molar-refractivity contribution in [3.05, 3.63) is 35.7 Å². The lowest BCUT2D eigenvalue weighted by Crippen LogP contribution is -2.10. The lowest BCUT2D eigenvalue weighted by molar-refractivity contribution is 0.345. The molecule has 0 aliphatic carbocycles. The zero-order valence-corrected chi connectivity index (χ0v) is 13.9. The van der Waals surface area contributed by atoms with Gasteiger partial charge in [0.2, 0.25) is 0 Å². The third-order valence-corrected chi connectivity index (χ3v) is 3.05. The summed E-state index contributed by atoms with van der Waals surface area (Å²) in [6, 6.07) is 2.76. The molecule has 23 heavy (non-hydrogen) atoms. The van der Waals surface area contributed by atoms with E-state index in [2.05, 4.69) is 11.9 Å². The smallest absolute Gasteiger partial charge is 0.195 e. The summed E-state index contributed by atoms with van der Waals surface area (Å²) in [7, 11) is 0. The maximum absolute atomic E-state index is 14.0. The molecule has 1 aromatic heterocycles. The Morgan fingerprint density at radius 1 is 1.39 bits per heavy atom. The summed E-state index contributed by atoms with van der Waals surface area (Å²) >= 11 is 0. The third kappa shape index (κ3) is 5.32. The van der Waals surface area contributed by atoms with Crippen molar-refractivity contribution in [3.8, 4) is 5.75 Å². The van der Waals surface area contributed by atoms with Gasteiger partial charge in [-0.3, -0.25) is 0 Å². The fourth-order valence-corrected chi connectivity index (χ4v) is 1.84. The number of nitrogens with two attached hydrogens (primary N) is 1. The number of benzene rings is 1. The molecule has 0 bridgehead atoms. The number of hydrogen-bond donors (Lipinski definition) is 1. The summed E-state index contributed by atoms with van der Waals surface area (Å²) < 4.78 is 37.2. The Balaban J connectivity index is 0.00000127. The molecule has 0 radical (unpaired) electrons. The van der Waals surface area contributed by atoms with Crippen LogP contribution < -0.4 is 10.5 Å². The fraction of sp³-hybridized carbons (Fsp3) is 0.471. The summed E-state index contributed by atoms with van der Waals surface area (Å²) in [5, 5.41) is 0. The van der Waals surface area contributed by atoms with Gasteiger partial charge in [-0.25, -0.2) is 13.8 Å². The first-order valence-corrected chi connectivity index (χ1v) is 7.87. The van der Waals surface area contributed by atoms with Gasteiger partial charge in [0.1, 0.15) is 17.9 Å². The van der Waals surface area contributed by atoms with Crippen LogP contribution in [0, 0.1) is 5.82 Å². The van der Waals surface area contributed by atoms with E-state index < -0.39 is 5.82 Å². The maximum Gasteiger partial charge on any atom is 0.195 e. The quantitative estimate of drug-likeness (QED) is 0.812. The highest BCUT2D eigenvalue weighted by Crippen LogP contribution is 2.26. The molecule has 0 saturated carbocycles. The Morgan fingerprint density at radius 3 is 2.74 bits per heavy atom. The van der Waals surface area contributed by atoms with Gasteiger partial charge in [0.15, 0.2) is 17.3 Å². The number of nitrogens with zero attached hydrogens (tertiary/aromatic N) is 1. The van der Waals surface area contributed by atoms with Crippen molar-refractivity contribution >= 4 is 11.1 Å². The van der Waals surface area contributed by atoms with Gasteiger partial charge in [-0.1, -0.05) is 27.2 Å².